The average molecular weight is 481 g/mol. The number of hydrogen-bond acceptors (Lipinski definition) is 5. The van der Waals surface area contributed by atoms with Crippen molar-refractivity contribution in [2.75, 3.05) is 26.2 Å². The van der Waals surface area contributed by atoms with E-state index >= 15 is 0 Å². The molecule has 9 heteroatoms. The summed E-state index contributed by atoms with van der Waals surface area (Å²) in [5.74, 6) is 0.612. The van der Waals surface area contributed by atoms with Gasteiger partial charge in [0.25, 0.3) is 0 Å². The first-order valence-corrected chi connectivity index (χ1v) is 12.1. The SMILES string of the molecule is Cc1cc(C)cc(S(=O)(=O)N2CCC3(CC2)NCCN=C3NCc2ccc(F)cc2)c1.Cl. The van der Waals surface area contributed by atoms with Crippen LogP contribution in [0, 0.1) is 19.7 Å². The molecular weight excluding hydrogens is 451 g/mol. The topological polar surface area (TPSA) is 73.8 Å². The molecule has 1 spiro atoms. The predicted octanol–water partition coefficient (Wildman–Crippen LogP) is 3.18. The third-order valence-electron chi connectivity index (χ3n) is 6.08. The molecule has 2 aromatic rings. The van der Waals surface area contributed by atoms with Crippen molar-refractivity contribution >= 4 is 28.3 Å². The normalized spacial score (nSPS) is 18.7. The van der Waals surface area contributed by atoms with Crippen LogP contribution in [0.1, 0.15) is 29.5 Å². The zero-order chi connectivity index (χ0) is 22.1. The maximum Gasteiger partial charge on any atom is 0.243 e. The lowest BCUT2D eigenvalue weighted by atomic mass is 9.85. The van der Waals surface area contributed by atoms with E-state index in [9.17, 15) is 12.8 Å². The second-order valence-electron chi connectivity index (χ2n) is 8.45. The minimum atomic E-state index is -3.53. The molecule has 0 unspecified atom stereocenters. The van der Waals surface area contributed by atoms with Crippen LogP contribution in [0.5, 0.6) is 0 Å². The summed E-state index contributed by atoms with van der Waals surface area (Å²) < 4.78 is 41.2. The third-order valence-corrected chi connectivity index (χ3v) is 7.96. The number of benzene rings is 2. The van der Waals surface area contributed by atoms with E-state index in [2.05, 4.69) is 10.6 Å². The van der Waals surface area contributed by atoms with E-state index < -0.39 is 10.0 Å². The van der Waals surface area contributed by atoms with Gasteiger partial charge in [0.15, 0.2) is 0 Å². The third kappa shape index (κ3) is 5.14. The molecule has 0 aromatic heterocycles. The smallest absolute Gasteiger partial charge is 0.243 e. The van der Waals surface area contributed by atoms with Gasteiger partial charge in [-0.25, -0.2) is 12.8 Å². The Labute approximate surface area is 195 Å². The highest BCUT2D eigenvalue weighted by Crippen LogP contribution is 2.29. The first kappa shape index (κ1) is 24.6. The predicted molar refractivity (Wildman–Crippen MR) is 127 cm³/mol. The van der Waals surface area contributed by atoms with Gasteiger partial charge in [-0.1, -0.05) is 18.2 Å². The summed E-state index contributed by atoms with van der Waals surface area (Å²) in [6, 6.07) is 11.9. The Morgan fingerprint density at radius 3 is 2.34 bits per heavy atom. The summed E-state index contributed by atoms with van der Waals surface area (Å²) >= 11 is 0. The molecule has 1 fully saturated rings. The lowest BCUT2D eigenvalue weighted by molar-refractivity contribution is 0.241. The van der Waals surface area contributed by atoms with Crippen molar-refractivity contribution in [3.05, 3.63) is 65.0 Å². The molecule has 0 atom stereocenters. The second kappa shape index (κ2) is 9.87. The number of aliphatic imine (C=N–C) groups is 1. The van der Waals surface area contributed by atoms with Crippen LogP contribution in [-0.2, 0) is 16.6 Å². The Morgan fingerprint density at radius 2 is 1.72 bits per heavy atom. The minimum Gasteiger partial charge on any atom is -0.368 e. The summed E-state index contributed by atoms with van der Waals surface area (Å²) in [5, 5.41) is 7.00. The number of hydrogen-bond donors (Lipinski definition) is 2. The molecule has 0 bridgehead atoms. The Balaban J connectivity index is 0.00000289. The zero-order valence-electron chi connectivity index (χ0n) is 18.4. The molecule has 4 rings (SSSR count). The fourth-order valence-corrected chi connectivity index (χ4v) is 6.09. The Kier molecular flexibility index (Phi) is 7.60. The van der Waals surface area contributed by atoms with Crippen LogP contribution >= 0.6 is 12.4 Å². The summed E-state index contributed by atoms with van der Waals surface area (Å²) in [7, 11) is -3.53. The number of nitrogens with zero attached hydrogens (tertiary/aromatic N) is 2. The highest BCUT2D eigenvalue weighted by molar-refractivity contribution is 7.89. The van der Waals surface area contributed by atoms with Crippen molar-refractivity contribution in [1.29, 1.82) is 0 Å². The van der Waals surface area contributed by atoms with Crippen LogP contribution in [0.4, 0.5) is 4.39 Å². The van der Waals surface area contributed by atoms with E-state index in [4.69, 9.17) is 4.99 Å². The number of piperidine rings is 1. The molecule has 2 heterocycles. The number of nitrogens with one attached hydrogen (secondary N) is 2. The molecule has 2 N–H and O–H groups in total. The van der Waals surface area contributed by atoms with E-state index in [0.717, 1.165) is 29.1 Å². The maximum atomic E-state index is 13.2. The van der Waals surface area contributed by atoms with Gasteiger partial charge in [-0.05, 0) is 67.6 Å². The lowest BCUT2D eigenvalue weighted by Crippen LogP contribution is -2.64. The van der Waals surface area contributed by atoms with Crippen LogP contribution in [-0.4, -0.2) is 50.3 Å². The highest BCUT2D eigenvalue weighted by Gasteiger charge is 2.43. The standard InChI is InChI=1S/C23H29FN4O2S.ClH/c1-17-13-18(2)15-21(14-17)31(29,30)28-11-7-23(8-12-28)22(25-9-10-27-23)26-16-19-3-5-20(24)6-4-19;/h3-6,13-15,27H,7-12,16H2,1-2H3,(H,25,26);1H. The number of amidine groups is 1. The summed E-state index contributed by atoms with van der Waals surface area (Å²) in [6.45, 7) is 6.69. The fourth-order valence-electron chi connectivity index (χ4n) is 4.46. The van der Waals surface area contributed by atoms with Crippen molar-refractivity contribution in [1.82, 2.24) is 14.9 Å². The van der Waals surface area contributed by atoms with E-state index in [1.165, 1.54) is 12.1 Å². The Hall–Kier alpha value is -2.00. The summed E-state index contributed by atoms with van der Waals surface area (Å²) in [6.07, 6.45) is 1.29. The molecule has 0 aliphatic carbocycles. The van der Waals surface area contributed by atoms with Crippen molar-refractivity contribution < 1.29 is 12.8 Å². The van der Waals surface area contributed by atoms with Gasteiger partial charge < -0.3 is 10.6 Å². The highest BCUT2D eigenvalue weighted by atomic mass is 35.5. The Bertz CT molecular complexity index is 1060. The van der Waals surface area contributed by atoms with E-state index in [-0.39, 0.29) is 23.8 Å². The molecule has 1 saturated heterocycles. The molecule has 2 aliphatic rings. The number of halogens is 2. The molecule has 0 radical (unpaired) electrons. The van der Waals surface area contributed by atoms with E-state index in [1.54, 1.807) is 28.6 Å². The Morgan fingerprint density at radius 1 is 1.09 bits per heavy atom. The maximum absolute atomic E-state index is 13.2. The van der Waals surface area contributed by atoms with Gasteiger partial charge in [0.05, 0.1) is 17.0 Å². The second-order valence-corrected chi connectivity index (χ2v) is 10.4. The van der Waals surface area contributed by atoms with Gasteiger partial charge >= 0.3 is 0 Å². The van der Waals surface area contributed by atoms with Gasteiger partial charge in [0.2, 0.25) is 10.0 Å². The molecule has 0 amide bonds. The average Bonchev–Trinajstić information content (AvgIpc) is 2.74. The van der Waals surface area contributed by atoms with Crippen molar-refractivity contribution in [3.8, 4) is 0 Å². The van der Waals surface area contributed by atoms with E-state index in [1.807, 2.05) is 19.9 Å². The van der Waals surface area contributed by atoms with Crippen LogP contribution in [0.25, 0.3) is 0 Å². The summed E-state index contributed by atoms with van der Waals surface area (Å²) in [5.41, 5.74) is 2.51. The number of aryl methyl sites for hydroxylation is 2. The molecule has 2 aromatic carbocycles. The summed E-state index contributed by atoms with van der Waals surface area (Å²) in [4.78, 5) is 5.07. The minimum absolute atomic E-state index is 0. The first-order chi connectivity index (χ1) is 14.8. The quantitative estimate of drug-likeness (QED) is 0.705. The number of sulfonamides is 1. The van der Waals surface area contributed by atoms with Crippen LogP contribution in [0.15, 0.2) is 52.4 Å². The van der Waals surface area contributed by atoms with E-state index in [0.29, 0.717) is 43.9 Å². The van der Waals surface area contributed by atoms with Crippen molar-refractivity contribution in [2.45, 2.75) is 43.7 Å². The van der Waals surface area contributed by atoms with Crippen molar-refractivity contribution in [2.24, 2.45) is 4.99 Å². The first-order valence-electron chi connectivity index (χ1n) is 10.7. The van der Waals surface area contributed by atoms with Gasteiger partial charge in [-0.15, -0.1) is 12.4 Å². The fraction of sp³-hybridized carbons (Fsp3) is 0.435. The number of rotatable bonds is 4. The molecule has 6 nitrogen and oxygen atoms in total. The molecule has 174 valence electrons. The van der Waals surface area contributed by atoms with Gasteiger partial charge in [-0.2, -0.15) is 4.31 Å². The molecule has 32 heavy (non-hydrogen) atoms. The van der Waals surface area contributed by atoms with Crippen LogP contribution < -0.4 is 10.6 Å². The lowest BCUT2D eigenvalue weighted by Gasteiger charge is -2.44. The zero-order valence-corrected chi connectivity index (χ0v) is 20.0. The molecule has 0 saturated carbocycles. The van der Waals surface area contributed by atoms with Crippen LogP contribution in [0.2, 0.25) is 0 Å². The van der Waals surface area contributed by atoms with Gasteiger partial charge in [0, 0.05) is 26.2 Å². The van der Waals surface area contributed by atoms with Crippen LogP contribution in [0.3, 0.4) is 0 Å². The largest absolute Gasteiger partial charge is 0.368 e. The van der Waals surface area contributed by atoms with Gasteiger partial charge in [0.1, 0.15) is 11.7 Å². The molecular formula is C23H30ClFN4O2S. The molecule has 2 aliphatic heterocycles. The van der Waals surface area contributed by atoms with Crippen molar-refractivity contribution in [3.63, 3.8) is 0 Å². The van der Waals surface area contributed by atoms with Gasteiger partial charge in [-0.3, -0.25) is 4.99 Å². The monoisotopic (exact) mass is 480 g/mol.